The second-order valence-electron chi connectivity index (χ2n) is 6.75. The van der Waals surface area contributed by atoms with E-state index in [0.29, 0.717) is 5.56 Å². The van der Waals surface area contributed by atoms with E-state index in [0.717, 1.165) is 29.8 Å². The van der Waals surface area contributed by atoms with Crippen LogP contribution in [0, 0.1) is 23.7 Å². The van der Waals surface area contributed by atoms with Crippen molar-refractivity contribution in [2.45, 2.75) is 39.7 Å². The summed E-state index contributed by atoms with van der Waals surface area (Å²) in [4.78, 5) is 0. The zero-order valence-corrected chi connectivity index (χ0v) is 12.7. The second kappa shape index (κ2) is 4.75. The zero-order valence-electron chi connectivity index (χ0n) is 12.7. The van der Waals surface area contributed by atoms with E-state index in [2.05, 4.69) is 37.5 Å². The predicted molar refractivity (Wildman–Crippen MR) is 82.3 cm³/mol. The molecule has 21 heavy (non-hydrogen) atoms. The molecule has 3 rings (SSSR count). The standard InChI is InChI=1S/C18H20N2O/c1-12-7-15-16(9-18(2,3)10-17(15)21)20(12)14-6-4-5-13(8-14)11-19/h4-8,17,21H,9-10H2,1-3H3. The molecule has 3 nitrogen and oxygen atoms in total. The van der Waals surface area contributed by atoms with Gasteiger partial charge in [-0.25, -0.2) is 0 Å². The van der Waals surface area contributed by atoms with E-state index in [1.807, 2.05) is 24.3 Å². The summed E-state index contributed by atoms with van der Waals surface area (Å²) in [7, 11) is 0. The summed E-state index contributed by atoms with van der Waals surface area (Å²) < 4.78 is 2.18. The van der Waals surface area contributed by atoms with E-state index < -0.39 is 6.10 Å². The second-order valence-corrected chi connectivity index (χ2v) is 6.75. The molecule has 108 valence electrons. The fourth-order valence-electron chi connectivity index (χ4n) is 3.42. The molecule has 2 aromatic rings. The summed E-state index contributed by atoms with van der Waals surface area (Å²) in [6.45, 7) is 6.44. The van der Waals surface area contributed by atoms with Gasteiger partial charge < -0.3 is 9.67 Å². The Morgan fingerprint density at radius 3 is 2.81 bits per heavy atom. The van der Waals surface area contributed by atoms with Crippen LogP contribution in [0.5, 0.6) is 0 Å². The molecule has 1 aliphatic carbocycles. The summed E-state index contributed by atoms with van der Waals surface area (Å²) in [6.07, 6.45) is 1.33. The maximum absolute atomic E-state index is 10.4. The van der Waals surface area contributed by atoms with Gasteiger partial charge in [0.2, 0.25) is 0 Å². The van der Waals surface area contributed by atoms with Crippen LogP contribution in [0.1, 0.15) is 48.9 Å². The molecule has 1 N–H and O–H groups in total. The average Bonchev–Trinajstić information content (AvgIpc) is 2.74. The van der Waals surface area contributed by atoms with Crippen LogP contribution in [0.4, 0.5) is 0 Å². The van der Waals surface area contributed by atoms with E-state index in [1.54, 1.807) is 0 Å². The first-order chi connectivity index (χ1) is 9.91. The fraction of sp³-hybridized carbons (Fsp3) is 0.389. The summed E-state index contributed by atoms with van der Waals surface area (Å²) in [5.41, 5.74) is 5.05. The van der Waals surface area contributed by atoms with Gasteiger partial charge >= 0.3 is 0 Å². The van der Waals surface area contributed by atoms with Crippen molar-refractivity contribution in [2.24, 2.45) is 5.41 Å². The Kier molecular flexibility index (Phi) is 3.15. The van der Waals surface area contributed by atoms with Crippen molar-refractivity contribution in [2.75, 3.05) is 0 Å². The van der Waals surface area contributed by atoms with Gasteiger partial charge in [0.05, 0.1) is 17.7 Å². The third-order valence-corrected chi connectivity index (χ3v) is 4.30. The lowest BCUT2D eigenvalue weighted by Gasteiger charge is -2.34. The minimum Gasteiger partial charge on any atom is -0.388 e. The lowest BCUT2D eigenvalue weighted by Crippen LogP contribution is -2.26. The molecule has 1 unspecified atom stereocenters. The Morgan fingerprint density at radius 2 is 2.10 bits per heavy atom. The number of fused-ring (bicyclic) bond motifs is 1. The number of hydrogen-bond donors (Lipinski definition) is 1. The van der Waals surface area contributed by atoms with Crippen LogP contribution in [-0.2, 0) is 6.42 Å². The van der Waals surface area contributed by atoms with Crippen LogP contribution in [0.25, 0.3) is 5.69 Å². The molecule has 0 aliphatic heterocycles. The topological polar surface area (TPSA) is 49.0 Å². The number of aromatic nitrogens is 1. The van der Waals surface area contributed by atoms with Crippen molar-refractivity contribution in [1.82, 2.24) is 4.57 Å². The lowest BCUT2D eigenvalue weighted by molar-refractivity contribution is 0.0987. The number of benzene rings is 1. The molecule has 1 aromatic carbocycles. The largest absolute Gasteiger partial charge is 0.388 e. The molecule has 1 atom stereocenters. The quantitative estimate of drug-likeness (QED) is 0.866. The molecule has 0 radical (unpaired) electrons. The number of nitrogens with zero attached hydrogens (tertiary/aromatic N) is 2. The number of nitriles is 1. The average molecular weight is 280 g/mol. The lowest BCUT2D eigenvalue weighted by atomic mass is 9.75. The molecule has 0 fully saturated rings. The first-order valence-electron chi connectivity index (χ1n) is 7.31. The highest BCUT2D eigenvalue weighted by Crippen LogP contribution is 2.42. The Bertz CT molecular complexity index is 734. The van der Waals surface area contributed by atoms with Crippen molar-refractivity contribution < 1.29 is 5.11 Å². The number of hydrogen-bond acceptors (Lipinski definition) is 2. The van der Waals surface area contributed by atoms with Crippen molar-refractivity contribution in [1.29, 1.82) is 5.26 Å². The molecular weight excluding hydrogens is 260 g/mol. The summed E-state index contributed by atoms with van der Waals surface area (Å²) in [6, 6.07) is 11.9. The molecular formula is C18H20N2O. The maximum Gasteiger partial charge on any atom is 0.0992 e. The first kappa shape index (κ1) is 13.9. The van der Waals surface area contributed by atoms with Crippen LogP contribution in [-0.4, -0.2) is 9.67 Å². The third-order valence-electron chi connectivity index (χ3n) is 4.30. The maximum atomic E-state index is 10.4. The highest BCUT2D eigenvalue weighted by atomic mass is 16.3. The summed E-state index contributed by atoms with van der Waals surface area (Å²) in [5, 5.41) is 19.5. The van der Waals surface area contributed by atoms with E-state index in [4.69, 9.17) is 5.26 Å². The minimum atomic E-state index is -0.400. The number of aryl methyl sites for hydroxylation is 1. The van der Waals surface area contributed by atoms with Crippen molar-refractivity contribution in [3.63, 3.8) is 0 Å². The molecule has 0 bridgehead atoms. The minimum absolute atomic E-state index is 0.0851. The Labute approximate surface area is 125 Å². The zero-order chi connectivity index (χ0) is 15.2. The van der Waals surface area contributed by atoms with Gasteiger partial charge in [-0.2, -0.15) is 5.26 Å². The molecule has 1 heterocycles. The normalized spacial score (nSPS) is 19.9. The van der Waals surface area contributed by atoms with E-state index in [-0.39, 0.29) is 5.41 Å². The van der Waals surface area contributed by atoms with Gasteiger partial charge in [-0.3, -0.25) is 0 Å². The molecule has 0 saturated carbocycles. The van der Waals surface area contributed by atoms with Crippen LogP contribution in [0.3, 0.4) is 0 Å². The highest BCUT2D eigenvalue weighted by Gasteiger charge is 2.34. The Balaban J connectivity index is 2.19. The van der Waals surface area contributed by atoms with Gasteiger partial charge in [0.1, 0.15) is 0 Å². The number of aliphatic hydroxyl groups is 1. The summed E-state index contributed by atoms with van der Waals surface area (Å²) in [5.74, 6) is 0. The van der Waals surface area contributed by atoms with Gasteiger partial charge in [-0.15, -0.1) is 0 Å². The van der Waals surface area contributed by atoms with Crippen molar-refractivity contribution >= 4 is 0 Å². The molecule has 0 amide bonds. The predicted octanol–water partition coefficient (Wildman–Crippen LogP) is 3.66. The monoisotopic (exact) mass is 280 g/mol. The first-order valence-corrected chi connectivity index (χ1v) is 7.31. The van der Waals surface area contributed by atoms with E-state index in [1.165, 1.54) is 5.69 Å². The van der Waals surface area contributed by atoms with Gasteiger partial charge in [0.15, 0.2) is 0 Å². The van der Waals surface area contributed by atoms with Crippen LogP contribution in [0.2, 0.25) is 0 Å². The van der Waals surface area contributed by atoms with Crippen LogP contribution >= 0.6 is 0 Å². The van der Waals surface area contributed by atoms with E-state index >= 15 is 0 Å². The van der Waals surface area contributed by atoms with E-state index in [9.17, 15) is 5.11 Å². The molecule has 1 aromatic heterocycles. The number of rotatable bonds is 1. The van der Waals surface area contributed by atoms with Gasteiger partial charge in [-0.1, -0.05) is 19.9 Å². The Morgan fingerprint density at radius 1 is 1.33 bits per heavy atom. The smallest absolute Gasteiger partial charge is 0.0992 e. The summed E-state index contributed by atoms with van der Waals surface area (Å²) >= 11 is 0. The van der Waals surface area contributed by atoms with Crippen LogP contribution in [0.15, 0.2) is 30.3 Å². The SMILES string of the molecule is Cc1cc2c(n1-c1cccc(C#N)c1)CC(C)(C)CC2O. The Hall–Kier alpha value is -2.05. The van der Waals surface area contributed by atoms with Gasteiger partial charge in [0.25, 0.3) is 0 Å². The molecule has 0 spiro atoms. The van der Waals surface area contributed by atoms with Gasteiger partial charge in [-0.05, 0) is 49.4 Å². The third kappa shape index (κ3) is 2.36. The highest BCUT2D eigenvalue weighted by molar-refractivity contribution is 5.47. The molecule has 1 aliphatic rings. The number of aliphatic hydroxyl groups excluding tert-OH is 1. The van der Waals surface area contributed by atoms with Crippen LogP contribution < -0.4 is 0 Å². The van der Waals surface area contributed by atoms with Crippen molar-refractivity contribution in [3.05, 3.63) is 52.8 Å². The molecule has 3 heteroatoms. The van der Waals surface area contributed by atoms with Gasteiger partial charge in [0, 0.05) is 22.6 Å². The van der Waals surface area contributed by atoms with Crippen molar-refractivity contribution in [3.8, 4) is 11.8 Å². The molecule has 0 saturated heterocycles. The fourth-order valence-corrected chi connectivity index (χ4v) is 3.42.